The van der Waals surface area contributed by atoms with Crippen molar-refractivity contribution in [2.24, 2.45) is 0 Å². The van der Waals surface area contributed by atoms with Gasteiger partial charge in [-0.3, -0.25) is 0 Å². The van der Waals surface area contributed by atoms with E-state index in [0.717, 1.165) is 49.9 Å². The van der Waals surface area contributed by atoms with E-state index in [1.807, 2.05) is 13.0 Å². The van der Waals surface area contributed by atoms with Crippen LogP contribution in [0.5, 0.6) is 5.88 Å². The van der Waals surface area contributed by atoms with Crippen LogP contribution in [0, 0.1) is 6.92 Å². The summed E-state index contributed by atoms with van der Waals surface area (Å²) in [4.78, 5) is 6.64. The number of rotatable bonds is 8. The molecule has 1 aromatic carbocycles. The first-order chi connectivity index (χ1) is 15.8. The number of anilines is 1. The van der Waals surface area contributed by atoms with Crippen molar-refractivity contribution in [3.8, 4) is 5.88 Å². The summed E-state index contributed by atoms with van der Waals surface area (Å²) >= 11 is 0. The highest BCUT2D eigenvalue weighted by atomic mass is 32.2. The van der Waals surface area contributed by atoms with Crippen molar-refractivity contribution in [3.63, 3.8) is 0 Å². The topological polar surface area (TPSA) is 80.8 Å². The van der Waals surface area contributed by atoms with Gasteiger partial charge >= 0.3 is 0 Å². The van der Waals surface area contributed by atoms with Gasteiger partial charge in [-0.1, -0.05) is 30.3 Å². The minimum atomic E-state index is -3.31. The summed E-state index contributed by atoms with van der Waals surface area (Å²) in [5.41, 5.74) is 3.33. The predicted molar refractivity (Wildman–Crippen MR) is 130 cm³/mol. The van der Waals surface area contributed by atoms with Crippen molar-refractivity contribution in [1.29, 1.82) is 0 Å². The predicted octanol–water partition coefficient (Wildman–Crippen LogP) is 3.64. The summed E-state index contributed by atoms with van der Waals surface area (Å²) in [6.07, 6.45) is 8.25. The highest BCUT2D eigenvalue weighted by Crippen LogP contribution is 2.35. The quantitative estimate of drug-likeness (QED) is 0.631. The van der Waals surface area contributed by atoms with Crippen LogP contribution in [0.3, 0.4) is 0 Å². The van der Waals surface area contributed by atoms with Crippen molar-refractivity contribution in [1.82, 2.24) is 9.71 Å². The van der Waals surface area contributed by atoms with Gasteiger partial charge in [-0.2, -0.15) is 0 Å². The van der Waals surface area contributed by atoms with Gasteiger partial charge in [0.15, 0.2) is 0 Å². The number of methoxy groups -OCH3 is 1. The lowest BCUT2D eigenvalue weighted by atomic mass is 9.83. The Morgan fingerprint density at radius 2 is 1.85 bits per heavy atom. The van der Waals surface area contributed by atoms with Crippen molar-refractivity contribution in [2.45, 2.75) is 63.1 Å². The zero-order chi connectivity index (χ0) is 23.4. The van der Waals surface area contributed by atoms with Crippen LogP contribution in [0.25, 0.3) is 0 Å². The Kier molecular flexibility index (Phi) is 7.56. The van der Waals surface area contributed by atoms with E-state index in [2.05, 4.69) is 44.9 Å². The molecule has 0 amide bonds. The van der Waals surface area contributed by atoms with E-state index in [0.29, 0.717) is 18.4 Å². The maximum atomic E-state index is 12.0. The lowest BCUT2D eigenvalue weighted by Gasteiger charge is -2.33. The zero-order valence-electron chi connectivity index (χ0n) is 19.7. The molecule has 0 spiro atoms. The summed E-state index contributed by atoms with van der Waals surface area (Å²) in [5.74, 6) is 1.20. The molecule has 0 unspecified atom stereocenters. The van der Waals surface area contributed by atoms with Crippen molar-refractivity contribution < 1.29 is 17.9 Å². The third kappa shape index (κ3) is 6.05. The van der Waals surface area contributed by atoms with Gasteiger partial charge in [-0.15, -0.1) is 0 Å². The Bertz CT molecular complexity index is 1020. The molecule has 33 heavy (non-hydrogen) atoms. The van der Waals surface area contributed by atoms with Crippen LogP contribution < -0.4 is 14.4 Å². The zero-order valence-corrected chi connectivity index (χ0v) is 20.6. The first-order valence-corrected chi connectivity index (χ1v) is 13.6. The summed E-state index contributed by atoms with van der Waals surface area (Å²) < 4.78 is 38.5. The standard InChI is InChI=1S/C25H35N3O4S/c1-18-15-21(16-26-25(18)31-2)28-14-13-23(27-33(3,29)30)24(28)17-32-22-11-9-20(10-12-22)19-7-5-4-6-8-19/h4-8,15-16,20,22-24,27H,9-14,17H2,1-3H3/t20-,22+,23-,24-/m0/s1. The van der Waals surface area contributed by atoms with Gasteiger partial charge in [0, 0.05) is 18.2 Å². The SMILES string of the molecule is COc1ncc(N2CC[C@H](NS(C)(=O)=O)[C@@H]2CO[C@H]2CC[C@@H](c3ccccc3)CC2)cc1C. The Hall–Kier alpha value is -2.16. The van der Waals surface area contributed by atoms with Gasteiger partial charge in [0.25, 0.3) is 0 Å². The van der Waals surface area contributed by atoms with E-state index in [4.69, 9.17) is 9.47 Å². The maximum Gasteiger partial charge on any atom is 0.216 e. The smallest absolute Gasteiger partial charge is 0.216 e. The molecule has 1 saturated carbocycles. The monoisotopic (exact) mass is 473 g/mol. The largest absolute Gasteiger partial charge is 0.481 e. The van der Waals surface area contributed by atoms with Gasteiger partial charge in [0.2, 0.25) is 15.9 Å². The number of hydrogen-bond acceptors (Lipinski definition) is 6. The normalized spacial score (nSPS) is 25.8. The van der Waals surface area contributed by atoms with E-state index in [9.17, 15) is 8.42 Å². The molecular weight excluding hydrogens is 438 g/mol. The molecule has 1 N–H and O–H groups in total. The minimum absolute atomic E-state index is 0.0823. The molecule has 1 aromatic heterocycles. The van der Waals surface area contributed by atoms with Crippen LogP contribution in [-0.2, 0) is 14.8 Å². The number of pyridine rings is 1. The van der Waals surface area contributed by atoms with Crippen LogP contribution in [0.2, 0.25) is 0 Å². The minimum Gasteiger partial charge on any atom is -0.481 e. The van der Waals surface area contributed by atoms with Crippen molar-refractivity contribution >= 4 is 15.7 Å². The van der Waals surface area contributed by atoms with Gasteiger partial charge < -0.3 is 14.4 Å². The molecule has 4 rings (SSSR count). The van der Waals surface area contributed by atoms with Crippen LogP contribution in [0.1, 0.15) is 49.1 Å². The molecule has 1 saturated heterocycles. The molecule has 2 aliphatic rings. The fourth-order valence-electron chi connectivity index (χ4n) is 5.23. The van der Waals surface area contributed by atoms with E-state index >= 15 is 0 Å². The average molecular weight is 474 g/mol. The Labute approximate surface area is 197 Å². The van der Waals surface area contributed by atoms with E-state index in [1.54, 1.807) is 13.3 Å². The average Bonchev–Trinajstić information content (AvgIpc) is 3.19. The van der Waals surface area contributed by atoms with Crippen LogP contribution in [0.4, 0.5) is 5.69 Å². The molecule has 0 radical (unpaired) electrons. The Morgan fingerprint density at radius 1 is 1.12 bits per heavy atom. The molecule has 7 nitrogen and oxygen atoms in total. The van der Waals surface area contributed by atoms with E-state index in [-0.39, 0.29) is 18.2 Å². The van der Waals surface area contributed by atoms with Crippen LogP contribution >= 0.6 is 0 Å². The number of hydrogen-bond donors (Lipinski definition) is 1. The first kappa shape index (κ1) is 24.0. The summed E-state index contributed by atoms with van der Waals surface area (Å²) in [7, 11) is -1.70. The molecule has 2 fully saturated rings. The second kappa shape index (κ2) is 10.4. The number of aromatic nitrogens is 1. The van der Waals surface area contributed by atoms with E-state index in [1.165, 1.54) is 11.8 Å². The van der Waals surface area contributed by atoms with Crippen LogP contribution in [0.15, 0.2) is 42.6 Å². The molecule has 2 aromatic rings. The number of nitrogens with one attached hydrogen (secondary N) is 1. The third-order valence-electron chi connectivity index (χ3n) is 6.90. The van der Waals surface area contributed by atoms with Crippen LogP contribution in [-0.4, -0.2) is 58.1 Å². The number of sulfonamides is 1. The molecular formula is C25H35N3O4S. The number of ether oxygens (including phenoxy) is 2. The third-order valence-corrected chi connectivity index (χ3v) is 7.63. The summed E-state index contributed by atoms with van der Waals surface area (Å²) in [6, 6.07) is 12.5. The molecule has 1 aliphatic heterocycles. The highest BCUT2D eigenvalue weighted by Gasteiger charge is 2.37. The number of nitrogens with zero attached hydrogens (tertiary/aromatic N) is 2. The first-order valence-electron chi connectivity index (χ1n) is 11.7. The summed E-state index contributed by atoms with van der Waals surface area (Å²) in [5, 5.41) is 0. The fraction of sp³-hybridized carbons (Fsp3) is 0.560. The van der Waals surface area contributed by atoms with Gasteiger partial charge in [0.1, 0.15) is 0 Å². The molecule has 2 heterocycles. The molecule has 2 atom stereocenters. The summed E-state index contributed by atoms with van der Waals surface area (Å²) in [6.45, 7) is 3.20. The fourth-order valence-corrected chi connectivity index (χ4v) is 6.06. The maximum absolute atomic E-state index is 12.0. The Balaban J connectivity index is 1.42. The number of aryl methyl sites for hydroxylation is 1. The van der Waals surface area contributed by atoms with Crippen molar-refractivity contribution in [3.05, 3.63) is 53.7 Å². The lowest BCUT2D eigenvalue weighted by Crippen LogP contribution is -2.48. The second-order valence-electron chi connectivity index (χ2n) is 9.28. The second-order valence-corrected chi connectivity index (χ2v) is 11.1. The Morgan fingerprint density at radius 3 is 2.48 bits per heavy atom. The van der Waals surface area contributed by atoms with Crippen molar-refractivity contribution in [2.75, 3.05) is 31.4 Å². The highest BCUT2D eigenvalue weighted by molar-refractivity contribution is 7.88. The van der Waals surface area contributed by atoms with E-state index < -0.39 is 10.0 Å². The molecule has 0 bridgehead atoms. The molecule has 8 heteroatoms. The van der Waals surface area contributed by atoms with Gasteiger partial charge in [-0.05, 0) is 56.6 Å². The molecule has 1 aliphatic carbocycles. The van der Waals surface area contributed by atoms with Gasteiger partial charge in [0.05, 0.1) is 44.0 Å². The van der Waals surface area contributed by atoms with Gasteiger partial charge in [-0.25, -0.2) is 18.1 Å². The lowest BCUT2D eigenvalue weighted by molar-refractivity contribution is 0.0157. The molecule has 180 valence electrons. The number of benzene rings is 1.